The van der Waals surface area contributed by atoms with E-state index in [-0.39, 0.29) is 4.47 Å². The van der Waals surface area contributed by atoms with Crippen LogP contribution in [-0.2, 0) is 0 Å². The van der Waals surface area contributed by atoms with Crippen LogP contribution in [0.1, 0.15) is 5.56 Å². The minimum atomic E-state index is -2.53. The molecule has 1 aromatic rings. The second-order valence-electron chi connectivity index (χ2n) is 2.18. The average Bonchev–Trinajstić information content (AvgIpc) is 2.08. The lowest BCUT2D eigenvalue weighted by Gasteiger charge is -2.00. The molecule has 0 aromatic heterocycles. The van der Waals surface area contributed by atoms with E-state index in [1.807, 2.05) is 0 Å². The average molecular weight is 255 g/mol. The molecule has 0 unspecified atom stereocenters. The number of benzene rings is 1. The zero-order chi connectivity index (χ0) is 10.0. The summed E-state index contributed by atoms with van der Waals surface area (Å²) in [6.45, 7) is 0. The fourth-order valence-corrected chi connectivity index (χ4v) is 1.14. The van der Waals surface area contributed by atoms with Crippen LogP contribution in [0.25, 0.3) is 5.83 Å². The normalized spacial score (nSPS) is 9.92. The maximum Gasteiger partial charge on any atom is 0.306 e. The number of hydrogen-bond acceptors (Lipinski definition) is 0. The van der Waals surface area contributed by atoms with Crippen molar-refractivity contribution >= 4 is 21.8 Å². The van der Waals surface area contributed by atoms with Gasteiger partial charge in [0.15, 0.2) is 5.83 Å². The van der Waals surface area contributed by atoms with Crippen LogP contribution in [0.15, 0.2) is 28.8 Å². The van der Waals surface area contributed by atoms with E-state index in [9.17, 15) is 17.6 Å². The summed E-state index contributed by atoms with van der Waals surface area (Å²) in [5.41, 5.74) is -0.741. The van der Waals surface area contributed by atoms with E-state index in [1.54, 1.807) is 0 Å². The van der Waals surface area contributed by atoms with E-state index < -0.39 is 23.3 Å². The van der Waals surface area contributed by atoms with Crippen LogP contribution in [0.2, 0.25) is 0 Å². The fourth-order valence-electron chi connectivity index (χ4n) is 0.775. The molecule has 0 aliphatic rings. The first-order valence-electron chi connectivity index (χ1n) is 3.19. The number of rotatable bonds is 1. The van der Waals surface area contributed by atoms with Gasteiger partial charge in [0, 0.05) is 0 Å². The minimum Gasteiger partial charge on any atom is -0.205 e. The molecule has 0 spiro atoms. The van der Waals surface area contributed by atoms with Crippen LogP contribution in [0.4, 0.5) is 17.6 Å². The third kappa shape index (κ3) is 2.09. The van der Waals surface area contributed by atoms with E-state index >= 15 is 0 Å². The van der Waals surface area contributed by atoms with Crippen molar-refractivity contribution in [1.82, 2.24) is 0 Å². The highest BCUT2D eigenvalue weighted by Gasteiger charge is 2.14. The van der Waals surface area contributed by atoms with E-state index in [0.29, 0.717) is 0 Å². The third-order valence-electron chi connectivity index (χ3n) is 1.35. The molecule has 0 saturated carbocycles. The van der Waals surface area contributed by atoms with E-state index in [1.165, 1.54) is 12.1 Å². The van der Waals surface area contributed by atoms with Crippen molar-refractivity contribution in [1.29, 1.82) is 0 Å². The van der Waals surface area contributed by atoms with Gasteiger partial charge in [0.25, 0.3) is 0 Å². The first-order chi connectivity index (χ1) is 6.04. The smallest absolute Gasteiger partial charge is 0.205 e. The maximum absolute atomic E-state index is 13.0. The van der Waals surface area contributed by atoms with Gasteiger partial charge < -0.3 is 0 Å². The van der Waals surface area contributed by atoms with Crippen molar-refractivity contribution in [3.63, 3.8) is 0 Å². The van der Waals surface area contributed by atoms with Gasteiger partial charge >= 0.3 is 6.08 Å². The highest BCUT2D eigenvalue weighted by Crippen LogP contribution is 2.28. The van der Waals surface area contributed by atoms with Crippen LogP contribution < -0.4 is 0 Å². The highest BCUT2D eigenvalue weighted by atomic mass is 79.9. The minimum absolute atomic E-state index is 0.0543. The Morgan fingerprint density at radius 3 is 2.31 bits per heavy atom. The Morgan fingerprint density at radius 2 is 1.77 bits per heavy atom. The van der Waals surface area contributed by atoms with Crippen LogP contribution >= 0.6 is 15.9 Å². The highest BCUT2D eigenvalue weighted by molar-refractivity contribution is 9.10. The Morgan fingerprint density at radius 1 is 1.15 bits per heavy atom. The molecule has 5 heteroatoms. The first kappa shape index (κ1) is 10.2. The second-order valence-corrected chi connectivity index (χ2v) is 3.03. The Bertz CT molecular complexity index is 355. The summed E-state index contributed by atoms with van der Waals surface area (Å²) in [5.74, 6) is -2.87. The molecule has 0 aliphatic heterocycles. The summed E-state index contributed by atoms with van der Waals surface area (Å²) >= 11 is 2.75. The molecule has 0 bridgehead atoms. The molecule has 0 N–H and O–H groups in total. The molecule has 0 atom stereocenters. The Hall–Kier alpha value is -0.840. The fraction of sp³-hybridized carbons (Fsp3) is 0. The van der Waals surface area contributed by atoms with E-state index in [0.717, 1.165) is 6.07 Å². The third-order valence-corrected chi connectivity index (χ3v) is 1.97. The number of halogens is 5. The largest absolute Gasteiger partial charge is 0.306 e. The molecule has 0 aliphatic carbocycles. The summed E-state index contributed by atoms with van der Waals surface area (Å²) < 4.78 is 49.0. The van der Waals surface area contributed by atoms with Crippen molar-refractivity contribution < 1.29 is 17.6 Å². The molecule has 1 aromatic carbocycles. The summed E-state index contributed by atoms with van der Waals surface area (Å²) in [5, 5.41) is 0. The van der Waals surface area contributed by atoms with Gasteiger partial charge in [-0.3, -0.25) is 0 Å². The summed E-state index contributed by atoms with van der Waals surface area (Å²) in [4.78, 5) is 0. The Labute approximate surface area is 80.0 Å². The molecule has 0 amide bonds. The monoisotopic (exact) mass is 254 g/mol. The molecule has 0 radical (unpaired) electrons. The lowest BCUT2D eigenvalue weighted by atomic mass is 10.2. The van der Waals surface area contributed by atoms with Gasteiger partial charge in [-0.05, 0) is 28.1 Å². The standard InChI is InChI=1S/C8H3BrF4/c9-5-3-1-2-4(6(5)10)7(11)8(12)13/h1-3H. The predicted molar refractivity (Wildman–Crippen MR) is 44.3 cm³/mol. The summed E-state index contributed by atoms with van der Waals surface area (Å²) in [6, 6.07) is 3.50. The molecule has 13 heavy (non-hydrogen) atoms. The van der Waals surface area contributed by atoms with E-state index in [4.69, 9.17) is 0 Å². The topological polar surface area (TPSA) is 0 Å². The van der Waals surface area contributed by atoms with Crippen molar-refractivity contribution in [3.05, 3.63) is 40.1 Å². The Kier molecular flexibility index (Phi) is 3.08. The van der Waals surface area contributed by atoms with Gasteiger partial charge in [-0.1, -0.05) is 6.07 Å². The predicted octanol–water partition coefficient (Wildman–Crippen LogP) is 4.12. The SMILES string of the molecule is FC(F)=C(F)c1cccc(Br)c1F. The van der Waals surface area contributed by atoms with Gasteiger partial charge in [-0.15, -0.1) is 0 Å². The zero-order valence-corrected chi connectivity index (χ0v) is 7.71. The van der Waals surface area contributed by atoms with Crippen LogP contribution in [0.5, 0.6) is 0 Å². The zero-order valence-electron chi connectivity index (χ0n) is 6.12. The van der Waals surface area contributed by atoms with Crippen LogP contribution in [-0.4, -0.2) is 0 Å². The maximum atomic E-state index is 13.0. The molecule has 0 nitrogen and oxygen atoms in total. The molecule has 70 valence electrons. The quantitative estimate of drug-likeness (QED) is 0.662. The van der Waals surface area contributed by atoms with E-state index in [2.05, 4.69) is 15.9 Å². The van der Waals surface area contributed by atoms with Gasteiger partial charge in [0.05, 0.1) is 10.0 Å². The molecular formula is C8H3BrF4. The first-order valence-corrected chi connectivity index (χ1v) is 3.98. The lowest BCUT2D eigenvalue weighted by molar-refractivity contribution is 0.409. The molecule has 0 fully saturated rings. The van der Waals surface area contributed by atoms with Crippen molar-refractivity contribution in [3.8, 4) is 0 Å². The van der Waals surface area contributed by atoms with Crippen molar-refractivity contribution in [2.24, 2.45) is 0 Å². The van der Waals surface area contributed by atoms with Crippen LogP contribution in [0, 0.1) is 5.82 Å². The molecule has 0 heterocycles. The molecular weight excluding hydrogens is 252 g/mol. The number of hydrogen-bond donors (Lipinski definition) is 0. The summed E-state index contributed by atoms with van der Waals surface area (Å²) in [6.07, 6.45) is -2.53. The van der Waals surface area contributed by atoms with Gasteiger partial charge in [-0.2, -0.15) is 8.78 Å². The van der Waals surface area contributed by atoms with Gasteiger partial charge in [0.2, 0.25) is 0 Å². The van der Waals surface area contributed by atoms with Crippen molar-refractivity contribution in [2.75, 3.05) is 0 Å². The summed E-state index contributed by atoms with van der Waals surface area (Å²) in [7, 11) is 0. The van der Waals surface area contributed by atoms with Gasteiger partial charge in [0.1, 0.15) is 5.82 Å². The van der Waals surface area contributed by atoms with Crippen LogP contribution in [0.3, 0.4) is 0 Å². The molecule has 1 rings (SSSR count). The second kappa shape index (κ2) is 3.91. The molecule has 0 saturated heterocycles. The van der Waals surface area contributed by atoms with Crippen molar-refractivity contribution in [2.45, 2.75) is 0 Å². The van der Waals surface area contributed by atoms with Gasteiger partial charge in [-0.25, -0.2) is 8.78 Å². The Balaban J connectivity index is 3.32. The lowest BCUT2D eigenvalue weighted by Crippen LogP contribution is -1.87.